The predicted octanol–water partition coefficient (Wildman–Crippen LogP) is 4.01. The molecule has 2 rings (SSSR count). The van der Waals surface area contributed by atoms with Gasteiger partial charge in [-0.3, -0.25) is 5.10 Å². The lowest BCUT2D eigenvalue weighted by molar-refractivity contribution is 0.00852. The van der Waals surface area contributed by atoms with Crippen LogP contribution in [0.25, 0.3) is 0 Å². The van der Waals surface area contributed by atoms with Crippen LogP contribution in [-0.4, -0.2) is 45.4 Å². The maximum Gasteiger partial charge on any atom is 0.410 e. The van der Waals surface area contributed by atoms with Crippen molar-refractivity contribution in [1.29, 1.82) is 0 Å². The lowest BCUT2D eigenvalue weighted by Gasteiger charge is -2.38. The maximum absolute atomic E-state index is 12.5. The SMILES string of the molecule is Cc1n[nH]c(C)c1NC(C)CC1CCCCN1C(=O)OC(C)(C)C. The quantitative estimate of drug-likeness (QED) is 0.871. The topological polar surface area (TPSA) is 70.2 Å². The van der Waals surface area contributed by atoms with Crippen LogP contribution >= 0.6 is 0 Å². The first-order valence-corrected chi connectivity index (χ1v) is 8.95. The van der Waals surface area contributed by atoms with Gasteiger partial charge in [-0.2, -0.15) is 5.10 Å². The number of nitrogens with zero attached hydrogens (tertiary/aromatic N) is 2. The van der Waals surface area contributed by atoms with Gasteiger partial charge in [0.15, 0.2) is 0 Å². The molecule has 0 aromatic carbocycles. The minimum absolute atomic E-state index is 0.185. The number of carbonyl (C=O) groups is 1. The first kappa shape index (κ1) is 18.6. The number of amides is 1. The highest BCUT2D eigenvalue weighted by Gasteiger charge is 2.31. The van der Waals surface area contributed by atoms with E-state index in [1.54, 1.807) is 0 Å². The highest BCUT2D eigenvalue weighted by atomic mass is 16.6. The Hall–Kier alpha value is -1.72. The average Bonchev–Trinajstić information content (AvgIpc) is 2.78. The van der Waals surface area contributed by atoms with Crippen molar-refractivity contribution in [1.82, 2.24) is 15.1 Å². The smallest absolute Gasteiger partial charge is 0.410 e. The fourth-order valence-electron chi connectivity index (χ4n) is 3.28. The van der Waals surface area contributed by atoms with Crippen molar-refractivity contribution in [2.75, 3.05) is 11.9 Å². The van der Waals surface area contributed by atoms with E-state index >= 15 is 0 Å². The monoisotopic (exact) mass is 336 g/mol. The zero-order valence-electron chi connectivity index (χ0n) is 15.9. The van der Waals surface area contributed by atoms with Gasteiger partial charge in [0.25, 0.3) is 0 Å². The van der Waals surface area contributed by atoms with Gasteiger partial charge in [0.05, 0.1) is 17.1 Å². The summed E-state index contributed by atoms with van der Waals surface area (Å²) in [6.07, 6.45) is 3.98. The molecule has 1 aliphatic rings. The Bertz CT molecular complexity index is 542. The van der Waals surface area contributed by atoms with E-state index in [9.17, 15) is 4.79 Å². The van der Waals surface area contributed by atoms with Gasteiger partial charge in [0.2, 0.25) is 0 Å². The van der Waals surface area contributed by atoms with Crippen molar-refractivity contribution in [2.45, 2.75) is 84.9 Å². The molecule has 1 aliphatic heterocycles. The van der Waals surface area contributed by atoms with Crippen LogP contribution in [0, 0.1) is 13.8 Å². The van der Waals surface area contributed by atoms with Crippen LogP contribution < -0.4 is 5.32 Å². The van der Waals surface area contributed by atoms with E-state index < -0.39 is 5.60 Å². The van der Waals surface area contributed by atoms with Gasteiger partial charge in [0, 0.05) is 18.6 Å². The van der Waals surface area contributed by atoms with Crippen molar-refractivity contribution in [3.63, 3.8) is 0 Å². The molecule has 2 N–H and O–H groups in total. The number of H-pyrrole nitrogens is 1. The van der Waals surface area contributed by atoms with Crippen molar-refractivity contribution >= 4 is 11.8 Å². The number of aryl methyl sites for hydroxylation is 2. The first-order chi connectivity index (χ1) is 11.2. The van der Waals surface area contributed by atoms with Crippen molar-refractivity contribution < 1.29 is 9.53 Å². The number of carbonyl (C=O) groups excluding carboxylic acids is 1. The number of aromatic nitrogens is 2. The molecule has 1 aromatic rings. The van der Waals surface area contributed by atoms with Crippen LogP contribution in [0.1, 0.15) is 64.8 Å². The summed E-state index contributed by atoms with van der Waals surface area (Å²) in [5.74, 6) is 0. The van der Waals surface area contributed by atoms with Crippen molar-refractivity contribution in [3.05, 3.63) is 11.4 Å². The second-order valence-corrected chi connectivity index (χ2v) is 7.91. The first-order valence-electron chi connectivity index (χ1n) is 8.95. The van der Waals surface area contributed by atoms with Gasteiger partial charge in [-0.1, -0.05) is 0 Å². The third-order valence-corrected chi connectivity index (χ3v) is 4.40. The predicted molar refractivity (Wildman–Crippen MR) is 96.3 cm³/mol. The molecular weight excluding hydrogens is 304 g/mol. The van der Waals surface area contributed by atoms with Crippen LogP contribution in [0.2, 0.25) is 0 Å². The fourth-order valence-corrected chi connectivity index (χ4v) is 3.28. The fraction of sp³-hybridized carbons (Fsp3) is 0.778. The molecule has 0 saturated carbocycles. The number of rotatable bonds is 4. The molecule has 2 heterocycles. The molecule has 1 saturated heterocycles. The second kappa shape index (κ2) is 7.45. The molecular formula is C18H32N4O2. The minimum Gasteiger partial charge on any atom is -0.444 e. The Kier molecular flexibility index (Phi) is 5.78. The zero-order valence-corrected chi connectivity index (χ0v) is 15.9. The highest BCUT2D eigenvalue weighted by Crippen LogP contribution is 2.25. The lowest BCUT2D eigenvalue weighted by atomic mass is 9.96. The van der Waals surface area contributed by atoms with E-state index in [-0.39, 0.29) is 18.2 Å². The number of piperidine rings is 1. The molecule has 0 bridgehead atoms. The van der Waals surface area contributed by atoms with Crippen LogP contribution in [-0.2, 0) is 4.74 Å². The van der Waals surface area contributed by atoms with E-state index in [0.29, 0.717) is 0 Å². The number of nitrogens with one attached hydrogen (secondary N) is 2. The van der Waals surface area contributed by atoms with Crippen LogP contribution in [0.15, 0.2) is 0 Å². The lowest BCUT2D eigenvalue weighted by Crippen LogP contribution is -2.47. The summed E-state index contributed by atoms with van der Waals surface area (Å²) in [5, 5.41) is 10.8. The zero-order chi connectivity index (χ0) is 17.9. The van der Waals surface area contributed by atoms with E-state index in [1.807, 2.05) is 39.5 Å². The molecule has 1 aromatic heterocycles. The molecule has 0 radical (unpaired) electrons. The third-order valence-electron chi connectivity index (χ3n) is 4.40. The highest BCUT2D eigenvalue weighted by molar-refractivity contribution is 5.68. The Morgan fingerprint density at radius 3 is 2.71 bits per heavy atom. The largest absolute Gasteiger partial charge is 0.444 e. The second-order valence-electron chi connectivity index (χ2n) is 7.91. The number of aromatic amines is 1. The molecule has 0 spiro atoms. The molecule has 2 atom stereocenters. The van der Waals surface area contributed by atoms with Crippen LogP contribution in [0.5, 0.6) is 0 Å². The van der Waals surface area contributed by atoms with Crippen LogP contribution in [0.3, 0.4) is 0 Å². The van der Waals surface area contributed by atoms with E-state index in [0.717, 1.165) is 42.9 Å². The average molecular weight is 336 g/mol. The molecule has 24 heavy (non-hydrogen) atoms. The van der Waals surface area contributed by atoms with E-state index in [2.05, 4.69) is 22.4 Å². The molecule has 1 fully saturated rings. The van der Waals surface area contributed by atoms with Crippen LogP contribution in [0.4, 0.5) is 10.5 Å². The normalized spacial score (nSPS) is 19.9. The minimum atomic E-state index is -0.450. The standard InChI is InChI=1S/C18H32N4O2/c1-12(19-16-13(2)20-21-14(16)3)11-15-9-7-8-10-22(15)17(23)24-18(4,5)6/h12,15,19H,7-11H2,1-6H3,(H,20,21). The Morgan fingerprint density at radius 1 is 1.42 bits per heavy atom. The number of likely N-dealkylation sites (tertiary alicyclic amines) is 1. The number of hydrogen-bond donors (Lipinski definition) is 2. The van der Waals surface area contributed by atoms with Crippen molar-refractivity contribution in [3.8, 4) is 0 Å². The van der Waals surface area contributed by atoms with Gasteiger partial charge >= 0.3 is 6.09 Å². The number of ether oxygens (including phenoxy) is 1. The summed E-state index contributed by atoms with van der Waals surface area (Å²) >= 11 is 0. The third kappa shape index (κ3) is 4.89. The van der Waals surface area contributed by atoms with Gasteiger partial charge in [-0.15, -0.1) is 0 Å². The summed E-state index contributed by atoms with van der Waals surface area (Å²) in [6, 6.07) is 0.483. The summed E-state index contributed by atoms with van der Waals surface area (Å²) in [4.78, 5) is 14.4. The van der Waals surface area contributed by atoms with E-state index in [4.69, 9.17) is 4.74 Å². The van der Waals surface area contributed by atoms with E-state index in [1.165, 1.54) is 6.42 Å². The Balaban J connectivity index is 1.98. The molecule has 136 valence electrons. The maximum atomic E-state index is 12.5. The number of hydrogen-bond acceptors (Lipinski definition) is 4. The molecule has 6 nitrogen and oxygen atoms in total. The molecule has 0 aliphatic carbocycles. The van der Waals surface area contributed by atoms with Gasteiger partial charge < -0.3 is 15.0 Å². The summed E-state index contributed by atoms with van der Waals surface area (Å²) in [6.45, 7) is 12.7. The Morgan fingerprint density at radius 2 is 2.12 bits per heavy atom. The molecule has 1 amide bonds. The van der Waals surface area contributed by atoms with Gasteiger partial charge in [-0.05, 0) is 67.2 Å². The van der Waals surface area contributed by atoms with Crippen molar-refractivity contribution in [2.24, 2.45) is 0 Å². The summed E-state index contributed by atoms with van der Waals surface area (Å²) < 4.78 is 5.58. The molecule has 2 unspecified atom stereocenters. The molecule has 6 heteroatoms. The Labute approximate surface area is 145 Å². The van der Waals surface area contributed by atoms with Gasteiger partial charge in [0.1, 0.15) is 5.60 Å². The summed E-state index contributed by atoms with van der Waals surface area (Å²) in [5.41, 5.74) is 2.65. The summed E-state index contributed by atoms with van der Waals surface area (Å²) in [7, 11) is 0. The number of anilines is 1. The van der Waals surface area contributed by atoms with Gasteiger partial charge in [-0.25, -0.2) is 4.79 Å².